The van der Waals surface area contributed by atoms with Gasteiger partial charge in [0.25, 0.3) is 0 Å². The monoisotopic (exact) mass is 588 g/mol. The molecule has 0 saturated carbocycles. The molecule has 0 spiro atoms. The first-order valence-electron chi connectivity index (χ1n) is 15.3. The van der Waals surface area contributed by atoms with E-state index in [-0.39, 0.29) is 11.4 Å². The average Bonchev–Trinajstić information content (AvgIpc) is 2.98. The first-order chi connectivity index (χ1) is 19.9. The third kappa shape index (κ3) is 18.6. The van der Waals surface area contributed by atoms with E-state index in [9.17, 15) is 8.78 Å². The van der Waals surface area contributed by atoms with Gasteiger partial charge in [0.1, 0.15) is 17.7 Å². The van der Waals surface area contributed by atoms with Crippen LogP contribution in [0.5, 0.6) is 0 Å². The van der Waals surface area contributed by atoms with Gasteiger partial charge in [-0.05, 0) is 105 Å². The predicted molar refractivity (Wildman–Crippen MR) is 177 cm³/mol. The van der Waals surface area contributed by atoms with Crippen molar-refractivity contribution in [2.24, 2.45) is 0 Å². The van der Waals surface area contributed by atoms with E-state index >= 15 is 0 Å². The van der Waals surface area contributed by atoms with Crippen LogP contribution in [-0.2, 0) is 0 Å². The summed E-state index contributed by atoms with van der Waals surface area (Å²) >= 11 is 0. The van der Waals surface area contributed by atoms with Gasteiger partial charge in [-0.25, -0.2) is 8.78 Å². The van der Waals surface area contributed by atoms with Crippen molar-refractivity contribution in [3.8, 4) is 6.07 Å². The second-order valence-corrected chi connectivity index (χ2v) is 9.42. The number of benzene rings is 2. The maximum Gasteiger partial charge on any atom is 0.174 e. The van der Waals surface area contributed by atoms with Crippen molar-refractivity contribution in [1.82, 2.24) is 4.90 Å². The molecule has 1 atom stereocenters. The molecule has 1 unspecified atom stereocenters. The van der Waals surface area contributed by atoms with Crippen LogP contribution in [0, 0.1) is 29.9 Å². The molecule has 2 N–H and O–H groups in total. The van der Waals surface area contributed by atoms with Crippen molar-refractivity contribution >= 4 is 5.57 Å². The topological polar surface area (TPSA) is 67.5 Å². The minimum absolute atomic E-state index is 0.0339. The summed E-state index contributed by atoms with van der Waals surface area (Å²) in [5.74, 6) is -0.359. The van der Waals surface area contributed by atoms with Crippen molar-refractivity contribution in [3.05, 3.63) is 88.5 Å². The molecule has 0 bridgehead atoms. The quantitative estimate of drug-likeness (QED) is 0.214. The van der Waals surface area contributed by atoms with Crippen LogP contribution in [0.1, 0.15) is 116 Å². The maximum atomic E-state index is 13.4. The van der Waals surface area contributed by atoms with E-state index in [2.05, 4.69) is 39.3 Å². The molecular formula is C36H58F2N2O2. The molecule has 0 aliphatic carbocycles. The molecule has 0 heterocycles. The van der Waals surface area contributed by atoms with Crippen LogP contribution < -0.4 is 0 Å². The fourth-order valence-electron chi connectivity index (χ4n) is 3.60. The highest BCUT2D eigenvalue weighted by Gasteiger charge is 2.09. The predicted octanol–water partition coefficient (Wildman–Crippen LogP) is 9.80. The average molecular weight is 589 g/mol. The number of rotatable bonds is 10. The van der Waals surface area contributed by atoms with Crippen molar-refractivity contribution in [2.75, 3.05) is 20.1 Å². The Morgan fingerprint density at radius 2 is 1.50 bits per heavy atom. The van der Waals surface area contributed by atoms with Gasteiger partial charge in [-0.1, -0.05) is 93.2 Å². The van der Waals surface area contributed by atoms with Crippen molar-refractivity contribution in [1.29, 1.82) is 5.26 Å². The van der Waals surface area contributed by atoms with Gasteiger partial charge in [0.05, 0.1) is 5.56 Å². The number of hydrogen-bond acceptors (Lipinski definition) is 4. The van der Waals surface area contributed by atoms with E-state index < -0.39 is 12.1 Å². The Kier molecular flexibility index (Phi) is 28.0. The molecular weight excluding hydrogens is 530 g/mol. The zero-order chi connectivity index (χ0) is 33.3. The third-order valence-electron chi connectivity index (χ3n) is 6.07. The lowest BCUT2D eigenvalue weighted by Crippen LogP contribution is -2.19. The highest BCUT2D eigenvalue weighted by Crippen LogP contribution is 2.22. The summed E-state index contributed by atoms with van der Waals surface area (Å²) in [5, 5.41) is 26.8. The summed E-state index contributed by atoms with van der Waals surface area (Å²) in [6.45, 7) is 26.5. The largest absolute Gasteiger partial charge is 0.365 e. The van der Waals surface area contributed by atoms with E-state index in [0.29, 0.717) is 29.0 Å². The standard InChI is InChI=1S/C14H14FNO2.C11H15F.C7H17N.2C2H6/c1-3-10(14(17)18)6-9(2)11-4-5-12(8-16)13(15)7-11;1-4-9(3)10-6-5-8(2)7-11(10)12;1-4-6-8(3)7-5-2;2*1-2/h4-7,14,17-18H,2-3H2,1H3;5-7,9H,4H2,1-3H3;4-7H2,1-3H3;2*1-2H3/b10-6+;;;;. The fourth-order valence-corrected chi connectivity index (χ4v) is 3.60. The van der Waals surface area contributed by atoms with Crippen LogP contribution in [0.2, 0.25) is 0 Å². The first-order valence-corrected chi connectivity index (χ1v) is 15.3. The van der Waals surface area contributed by atoms with Crippen molar-refractivity contribution in [3.63, 3.8) is 0 Å². The number of nitrogens with zero attached hydrogens (tertiary/aromatic N) is 2. The summed E-state index contributed by atoms with van der Waals surface area (Å²) in [7, 11) is 2.17. The highest BCUT2D eigenvalue weighted by atomic mass is 19.1. The maximum absolute atomic E-state index is 13.4. The fraction of sp³-hybridized carbons (Fsp3) is 0.528. The number of allylic oxidation sites excluding steroid dienone is 2. The number of aliphatic hydroxyl groups is 2. The van der Waals surface area contributed by atoms with E-state index in [0.717, 1.165) is 17.5 Å². The number of aryl methyl sites for hydroxylation is 1. The second kappa shape index (κ2) is 27.0. The molecule has 2 rings (SSSR count). The van der Waals surface area contributed by atoms with Crippen LogP contribution in [0.15, 0.2) is 54.6 Å². The molecule has 2 aromatic rings. The van der Waals surface area contributed by atoms with Gasteiger partial charge in [0.2, 0.25) is 0 Å². The Morgan fingerprint density at radius 1 is 0.952 bits per heavy atom. The van der Waals surface area contributed by atoms with Crippen LogP contribution in [-0.4, -0.2) is 41.5 Å². The first kappa shape index (κ1) is 43.6. The number of nitriles is 1. The van der Waals surface area contributed by atoms with E-state index in [4.69, 9.17) is 15.5 Å². The molecule has 6 heteroatoms. The van der Waals surface area contributed by atoms with Gasteiger partial charge in [-0.2, -0.15) is 5.26 Å². The van der Waals surface area contributed by atoms with Crippen LogP contribution in [0.3, 0.4) is 0 Å². The van der Waals surface area contributed by atoms with E-state index in [1.807, 2.05) is 53.7 Å². The molecule has 2 aromatic carbocycles. The number of hydrogen-bond donors (Lipinski definition) is 2. The molecule has 0 fully saturated rings. The summed E-state index contributed by atoms with van der Waals surface area (Å²) in [6.07, 6.45) is 3.95. The molecule has 42 heavy (non-hydrogen) atoms. The van der Waals surface area contributed by atoms with Crippen LogP contribution in [0.4, 0.5) is 8.78 Å². The molecule has 4 nitrogen and oxygen atoms in total. The number of aliphatic hydroxyl groups excluding tert-OH is 1. The van der Waals surface area contributed by atoms with E-state index in [1.165, 1.54) is 44.1 Å². The smallest absolute Gasteiger partial charge is 0.174 e. The zero-order valence-corrected chi connectivity index (χ0v) is 28.2. The molecule has 0 radical (unpaired) electrons. The minimum atomic E-state index is -1.55. The van der Waals surface area contributed by atoms with Gasteiger partial charge in [-0.15, -0.1) is 0 Å². The molecule has 238 valence electrons. The summed E-state index contributed by atoms with van der Waals surface area (Å²) in [6, 6.07) is 11.3. The van der Waals surface area contributed by atoms with Gasteiger partial charge in [0.15, 0.2) is 6.29 Å². The molecule has 0 aromatic heterocycles. The van der Waals surface area contributed by atoms with Gasteiger partial charge < -0.3 is 15.1 Å². The molecule has 0 aliphatic rings. The third-order valence-corrected chi connectivity index (χ3v) is 6.07. The summed E-state index contributed by atoms with van der Waals surface area (Å²) in [5.41, 5.74) is 3.14. The van der Waals surface area contributed by atoms with E-state index in [1.54, 1.807) is 25.1 Å². The van der Waals surface area contributed by atoms with Crippen LogP contribution >= 0.6 is 0 Å². The van der Waals surface area contributed by atoms with Crippen LogP contribution in [0.25, 0.3) is 5.57 Å². The highest BCUT2D eigenvalue weighted by molar-refractivity contribution is 5.73. The van der Waals surface area contributed by atoms with Gasteiger partial charge >= 0.3 is 0 Å². The molecule has 0 saturated heterocycles. The molecule has 0 amide bonds. The Balaban J connectivity index is -0.000000548. The Labute approximate surface area is 256 Å². The van der Waals surface area contributed by atoms with Crippen molar-refractivity contribution < 1.29 is 19.0 Å². The van der Waals surface area contributed by atoms with Gasteiger partial charge in [-0.3, -0.25) is 0 Å². The lowest BCUT2D eigenvalue weighted by molar-refractivity contribution is -0.00968. The Morgan fingerprint density at radius 3 is 1.88 bits per heavy atom. The second-order valence-electron chi connectivity index (χ2n) is 9.42. The van der Waals surface area contributed by atoms with Crippen molar-refractivity contribution in [2.45, 2.75) is 107 Å². The summed E-state index contributed by atoms with van der Waals surface area (Å²) in [4.78, 5) is 2.36. The number of halogens is 2. The molecule has 0 aliphatic heterocycles. The lowest BCUT2D eigenvalue weighted by Gasteiger charge is -2.12. The lowest BCUT2D eigenvalue weighted by atomic mass is 9.97. The van der Waals surface area contributed by atoms with Gasteiger partial charge in [0, 0.05) is 0 Å². The Bertz CT molecular complexity index is 1050. The summed E-state index contributed by atoms with van der Waals surface area (Å²) < 4.78 is 26.7. The minimum Gasteiger partial charge on any atom is -0.365 e. The normalized spacial score (nSPS) is 10.9. The zero-order valence-electron chi connectivity index (χ0n) is 28.2. The Hall–Kier alpha value is -2.85. The SMILES string of the molecule is C=C(/C=C(\CC)C(O)O)c1ccc(C#N)c(F)c1.CC.CC.CCC(C)c1ccc(C)cc1F.CCCN(C)CCC.